The number of rotatable bonds is 3. The number of hydrogen-bond acceptors (Lipinski definition) is 5. The van der Waals surface area contributed by atoms with Gasteiger partial charge in [-0.1, -0.05) is 0 Å². The quantitative estimate of drug-likeness (QED) is 0.812. The van der Waals surface area contributed by atoms with Crippen LogP contribution in [0.5, 0.6) is 0 Å². The van der Waals surface area contributed by atoms with Gasteiger partial charge < -0.3 is 10.0 Å². The average molecular weight is 283 g/mol. The van der Waals surface area contributed by atoms with Gasteiger partial charge >= 0.3 is 11.7 Å². The number of aromatic nitrogens is 2. The predicted molar refractivity (Wildman–Crippen MR) is 68.7 cm³/mol. The zero-order chi connectivity index (χ0) is 14.0. The average Bonchev–Trinajstić information content (AvgIpc) is 2.74. The van der Waals surface area contributed by atoms with Crippen LogP contribution >= 0.6 is 11.8 Å². The molecule has 1 amide bonds. The third-order valence-corrected chi connectivity index (χ3v) is 4.10. The Hall–Kier alpha value is -1.83. The molecule has 0 aromatic carbocycles. The van der Waals surface area contributed by atoms with E-state index in [2.05, 4.69) is 4.98 Å². The SMILES string of the molecule is CC1SCC(C(=O)O)N1C(=O)Cn1cccnc1=O. The summed E-state index contributed by atoms with van der Waals surface area (Å²) in [5.41, 5.74) is -0.526. The molecule has 0 radical (unpaired) electrons. The molecule has 1 fully saturated rings. The van der Waals surface area contributed by atoms with Gasteiger partial charge in [0.1, 0.15) is 12.6 Å². The molecule has 2 unspecified atom stereocenters. The van der Waals surface area contributed by atoms with Gasteiger partial charge in [-0.05, 0) is 13.0 Å². The van der Waals surface area contributed by atoms with E-state index in [1.165, 1.54) is 29.1 Å². The highest BCUT2D eigenvalue weighted by Gasteiger charge is 2.39. The number of hydrogen-bond donors (Lipinski definition) is 1. The van der Waals surface area contributed by atoms with Crippen molar-refractivity contribution in [2.45, 2.75) is 24.9 Å². The summed E-state index contributed by atoms with van der Waals surface area (Å²) in [6.45, 7) is 1.58. The first-order valence-corrected chi connectivity index (χ1v) is 6.72. The predicted octanol–water partition coefficient (Wildman–Crippen LogP) is -0.382. The van der Waals surface area contributed by atoms with Crippen LogP contribution in [0.25, 0.3) is 0 Å². The molecule has 2 atom stereocenters. The summed E-state index contributed by atoms with van der Waals surface area (Å²) in [5.74, 6) is -1.05. The van der Waals surface area contributed by atoms with Crippen LogP contribution in [0.4, 0.5) is 0 Å². The molecule has 1 aliphatic heterocycles. The highest BCUT2D eigenvalue weighted by atomic mass is 32.2. The molecule has 2 heterocycles. The minimum atomic E-state index is -1.02. The number of carbonyl (C=O) groups is 2. The fraction of sp³-hybridized carbons (Fsp3) is 0.455. The number of aliphatic carboxylic acids is 1. The van der Waals surface area contributed by atoms with E-state index in [4.69, 9.17) is 5.11 Å². The van der Waals surface area contributed by atoms with Crippen LogP contribution in [-0.4, -0.2) is 48.6 Å². The summed E-state index contributed by atoms with van der Waals surface area (Å²) in [6, 6.07) is 0.714. The lowest BCUT2D eigenvalue weighted by atomic mass is 10.2. The van der Waals surface area contributed by atoms with Crippen molar-refractivity contribution in [3.8, 4) is 0 Å². The Morgan fingerprint density at radius 2 is 2.32 bits per heavy atom. The molecule has 0 bridgehead atoms. The Balaban J connectivity index is 2.17. The number of carboxylic acids is 1. The highest BCUT2D eigenvalue weighted by molar-refractivity contribution is 8.00. The standard InChI is InChI=1S/C11H13N3O4S/c1-7-14(8(6-19-7)10(16)17)9(15)5-13-4-2-3-12-11(13)18/h2-4,7-8H,5-6H2,1H3,(H,16,17). The molecular weight excluding hydrogens is 270 g/mol. The summed E-state index contributed by atoms with van der Waals surface area (Å²) in [7, 11) is 0. The number of thioether (sulfide) groups is 1. The van der Waals surface area contributed by atoms with E-state index < -0.39 is 17.7 Å². The van der Waals surface area contributed by atoms with Crippen molar-refractivity contribution in [2.24, 2.45) is 0 Å². The van der Waals surface area contributed by atoms with Crippen molar-refractivity contribution >= 4 is 23.6 Å². The molecule has 0 spiro atoms. The second kappa shape index (κ2) is 5.43. The number of nitrogens with zero attached hydrogens (tertiary/aromatic N) is 3. The maximum Gasteiger partial charge on any atom is 0.347 e. The van der Waals surface area contributed by atoms with Gasteiger partial charge in [0, 0.05) is 18.1 Å². The van der Waals surface area contributed by atoms with Crippen LogP contribution in [-0.2, 0) is 16.1 Å². The van der Waals surface area contributed by atoms with E-state index in [1.807, 2.05) is 0 Å². The Labute approximate surface area is 113 Å². The molecule has 1 aliphatic rings. The number of amides is 1. The molecule has 102 valence electrons. The smallest absolute Gasteiger partial charge is 0.347 e. The molecular formula is C11H13N3O4S. The van der Waals surface area contributed by atoms with E-state index in [9.17, 15) is 14.4 Å². The van der Waals surface area contributed by atoms with Gasteiger partial charge in [0.2, 0.25) is 5.91 Å². The largest absolute Gasteiger partial charge is 0.480 e. The van der Waals surface area contributed by atoms with Gasteiger partial charge in [-0.15, -0.1) is 11.8 Å². The summed E-state index contributed by atoms with van der Waals surface area (Å²) < 4.78 is 1.16. The van der Waals surface area contributed by atoms with Gasteiger partial charge in [-0.2, -0.15) is 0 Å². The van der Waals surface area contributed by atoms with Crippen molar-refractivity contribution in [3.05, 3.63) is 28.9 Å². The molecule has 19 heavy (non-hydrogen) atoms. The summed E-state index contributed by atoms with van der Waals surface area (Å²) >= 11 is 1.41. The maximum absolute atomic E-state index is 12.2. The Morgan fingerprint density at radius 3 is 2.95 bits per heavy atom. The van der Waals surface area contributed by atoms with Gasteiger partial charge in [-0.3, -0.25) is 9.36 Å². The Bertz CT molecular complexity index is 559. The first-order valence-electron chi connectivity index (χ1n) is 5.67. The van der Waals surface area contributed by atoms with E-state index in [0.29, 0.717) is 5.75 Å². The monoisotopic (exact) mass is 283 g/mol. The molecule has 2 rings (SSSR count). The maximum atomic E-state index is 12.2. The molecule has 1 N–H and O–H groups in total. The molecule has 8 heteroatoms. The number of carboxylic acid groups (broad SMARTS) is 1. The molecule has 0 saturated carbocycles. The zero-order valence-corrected chi connectivity index (χ0v) is 11.0. The van der Waals surface area contributed by atoms with Gasteiger partial charge in [0.05, 0.1) is 5.37 Å². The second-order valence-electron chi connectivity index (χ2n) is 4.12. The highest BCUT2D eigenvalue weighted by Crippen LogP contribution is 2.28. The molecule has 7 nitrogen and oxygen atoms in total. The fourth-order valence-electron chi connectivity index (χ4n) is 1.95. The minimum Gasteiger partial charge on any atom is -0.480 e. The zero-order valence-electron chi connectivity index (χ0n) is 10.2. The van der Waals surface area contributed by atoms with Crippen molar-refractivity contribution in [2.75, 3.05) is 5.75 Å². The molecule has 1 aromatic rings. The van der Waals surface area contributed by atoms with Crippen molar-refractivity contribution < 1.29 is 14.7 Å². The van der Waals surface area contributed by atoms with E-state index in [1.54, 1.807) is 13.0 Å². The second-order valence-corrected chi connectivity index (χ2v) is 5.47. The molecule has 1 aromatic heterocycles. The van der Waals surface area contributed by atoms with Gasteiger partial charge in [0.25, 0.3) is 0 Å². The van der Waals surface area contributed by atoms with Crippen LogP contribution in [0.2, 0.25) is 0 Å². The summed E-state index contributed by atoms with van der Waals surface area (Å²) in [4.78, 5) is 39.5. The lowest BCUT2D eigenvalue weighted by Crippen LogP contribution is -2.47. The fourth-order valence-corrected chi connectivity index (χ4v) is 3.14. The van der Waals surface area contributed by atoms with Crippen LogP contribution in [0.3, 0.4) is 0 Å². The van der Waals surface area contributed by atoms with Crippen LogP contribution in [0, 0.1) is 0 Å². The molecule has 0 aliphatic carbocycles. The van der Waals surface area contributed by atoms with Crippen LogP contribution in [0.15, 0.2) is 23.3 Å². The summed E-state index contributed by atoms with van der Waals surface area (Å²) in [6.07, 6.45) is 2.80. The third kappa shape index (κ3) is 2.78. The van der Waals surface area contributed by atoms with Gasteiger partial charge in [-0.25, -0.2) is 14.6 Å². The number of carbonyl (C=O) groups excluding carboxylic acids is 1. The van der Waals surface area contributed by atoms with Crippen molar-refractivity contribution in [1.82, 2.24) is 14.5 Å². The van der Waals surface area contributed by atoms with E-state index in [-0.39, 0.29) is 17.8 Å². The minimum absolute atomic E-state index is 0.193. The normalized spacial score (nSPS) is 22.5. The van der Waals surface area contributed by atoms with Crippen LogP contribution < -0.4 is 5.69 Å². The lowest BCUT2D eigenvalue weighted by Gasteiger charge is -2.25. The van der Waals surface area contributed by atoms with E-state index >= 15 is 0 Å². The Kier molecular flexibility index (Phi) is 3.89. The van der Waals surface area contributed by atoms with Crippen LogP contribution in [0.1, 0.15) is 6.92 Å². The lowest BCUT2D eigenvalue weighted by molar-refractivity contribution is -0.149. The van der Waals surface area contributed by atoms with Crippen molar-refractivity contribution in [1.29, 1.82) is 0 Å². The third-order valence-electron chi connectivity index (χ3n) is 2.88. The Morgan fingerprint density at radius 1 is 1.58 bits per heavy atom. The van der Waals surface area contributed by atoms with Gasteiger partial charge in [0.15, 0.2) is 0 Å². The molecule has 1 saturated heterocycles. The first-order chi connectivity index (χ1) is 9.00. The summed E-state index contributed by atoms with van der Waals surface area (Å²) in [5, 5.41) is 8.88. The first kappa shape index (κ1) is 13.6. The topological polar surface area (TPSA) is 92.5 Å². The van der Waals surface area contributed by atoms with E-state index in [0.717, 1.165) is 4.57 Å². The van der Waals surface area contributed by atoms with Crippen molar-refractivity contribution in [3.63, 3.8) is 0 Å².